The topological polar surface area (TPSA) is 34.2 Å². The Morgan fingerprint density at radius 1 is 1.05 bits per heavy atom. The summed E-state index contributed by atoms with van der Waals surface area (Å²) in [6.45, 7) is 3.28. The third kappa shape index (κ3) is 2.04. The summed E-state index contributed by atoms with van der Waals surface area (Å²) >= 11 is 0. The molecule has 0 spiro atoms. The lowest BCUT2D eigenvalue weighted by Gasteiger charge is -2.20. The number of rotatable bonds is 3. The number of likely N-dealkylation sites (N-methyl/N-ethyl adjacent to an activating group) is 1. The molecular formula is C17H21N3. The highest BCUT2D eigenvalue weighted by Gasteiger charge is 2.15. The zero-order valence-corrected chi connectivity index (χ0v) is 12.3. The molecule has 0 bridgehead atoms. The molecule has 3 aromatic rings. The Kier molecular flexibility index (Phi) is 3.14. The highest BCUT2D eigenvalue weighted by atomic mass is 15.1. The van der Waals surface area contributed by atoms with Crippen molar-refractivity contribution in [1.29, 1.82) is 0 Å². The van der Waals surface area contributed by atoms with E-state index >= 15 is 0 Å². The van der Waals surface area contributed by atoms with Crippen molar-refractivity contribution in [2.45, 2.75) is 13.0 Å². The van der Waals surface area contributed by atoms with E-state index in [9.17, 15) is 0 Å². The van der Waals surface area contributed by atoms with Gasteiger partial charge >= 0.3 is 0 Å². The first kappa shape index (κ1) is 13.0. The largest absolute Gasteiger partial charge is 0.399 e. The van der Waals surface area contributed by atoms with Crippen LogP contribution in [-0.2, 0) is 0 Å². The van der Waals surface area contributed by atoms with E-state index in [0.717, 1.165) is 12.2 Å². The fourth-order valence-corrected chi connectivity index (χ4v) is 3.11. The van der Waals surface area contributed by atoms with Gasteiger partial charge in [0.2, 0.25) is 0 Å². The van der Waals surface area contributed by atoms with Crippen LogP contribution in [0.4, 0.5) is 5.69 Å². The molecule has 0 aliphatic heterocycles. The molecule has 2 aromatic carbocycles. The Hall–Kier alpha value is -2.00. The van der Waals surface area contributed by atoms with Crippen molar-refractivity contribution in [3.8, 4) is 0 Å². The Morgan fingerprint density at radius 3 is 2.50 bits per heavy atom. The molecule has 0 aliphatic carbocycles. The van der Waals surface area contributed by atoms with E-state index in [4.69, 9.17) is 5.73 Å². The van der Waals surface area contributed by atoms with Gasteiger partial charge in [-0.1, -0.05) is 18.2 Å². The van der Waals surface area contributed by atoms with Gasteiger partial charge < -0.3 is 15.2 Å². The van der Waals surface area contributed by atoms with Gasteiger partial charge in [0.25, 0.3) is 0 Å². The summed E-state index contributed by atoms with van der Waals surface area (Å²) in [4.78, 5) is 2.22. The van der Waals surface area contributed by atoms with Crippen LogP contribution in [0.3, 0.4) is 0 Å². The lowest BCUT2D eigenvalue weighted by atomic mass is 10.1. The molecule has 0 aliphatic rings. The van der Waals surface area contributed by atoms with Gasteiger partial charge in [-0.2, -0.15) is 0 Å². The molecule has 1 unspecified atom stereocenters. The van der Waals surface area contributed by atoms with E-state index in [1.54, 1.807) is 0 Å². The zero-order valence-electron chi connectivity index (χ0n) is 12.3. The maximum absolute atomic E-state index is 5.96. The van der Waals surface area contributed by atoms with Crippen molar-refractivity contribution in [3.05, 3.63) is 42.5 Å². The SMILES string of the molecule is CC(CN(C)C)n1c2ccccc2c2cc(N)ccc21. The smallest absolute Gasteiger partial charge is 0.0495 e. The van der Waals surface area contributed by atoms with Crippen LogP contribution in [0.5, 0.6) is 0 Å². The highest BCUT2D eigenvalue weighted by molar-refractivity contribution is 6.09. The zero-order chi connectivity index (χ0) is 14.3. The Balaban J connectivity index is 2.32. The normalized spacial score (nSPS) is 13.4. The molecule has 0 saturated heterocycles. The molecule has 0 amide bonds. The quantitative estimate of drug-likeness (QED) is 0.737. The van der Waals surface area contributed by atoms with E-state index in [0.29, 0.717) is 6.04 Å². The summed E-state index contributed by atoms with van der Waals surface area (Å²) in [6.07, 6.45) is 0. The van der Waals surface area contributed by atoms with Crippen LogP contribution in [-0.4, -0.2) is 30.1 Å². The van der Waals surface area contributed by atoms with Crippen molar-refractivity contribution in [3.63, 3.8) is 0 Å². The van der Waals surface area contributed by atoms with Crippen LogP contribution in [0.15, 0.2) is 42.5 Å². The van der Waals surface area contributed by atoms with Gasteiger partial charge in [0, 0.05) is 40.1 Å². The number of nitrogen functional groups attached to an aromatic ring is 1. The molecule has 1 aromatic heterocycles. The van der Waals surface area contributed by atoms with Crippen molar-refractivity contribution in [1.82, 2.24) is 9.47 Å². The summed E-state index contributed by atoms with van der Waals surface area (Å²) < 4.78 is 2.42. The average Bonchev–Trinajstić information content (AvgIpc) is 2.72. The maximum Gasteiger partial charge on any atom is 0.0495 e. The van der Waals surface area contributed by atoms with E-state index in [1.807, 2.05) is 6.07 Å². The Morgan fingerprint density at radius 2 is 1.75 bits per heavy atom. The first-order valence-corrected chi connectivity index (χ1v) is 7.01. The second-order valence-electron chi connectivity index (χ2n) is 5.78. The third-order valence-electron chi connectivity index (χ3n) is 3.80. The lowest BCUT2D eigenvalue weighted by Crippen LogP contribution is -2.22. The average molecular weight is 267 g/mol. The van der Waals surface area contributed by atoms with Crippen LogP contribution in [0, 0.1) is 0 Å². The van der Waals surface area contributed by atoms with Crippen molar-refractivity contribution >= 4 is 27.5 Å². The van der Waals surface area contributed by atoms with Crippen LogP contribution >= 0.6 is 0 Å². The summed E-state index contributed by atoms with van der Waals surface area (Å²) in [5, 5.41) is 2.52. The summed E-state index contributed by atoms with van der Waals surface area (Å²) in [5.74, 6) is 0. The van der Waals surface area contributed by atoms with Crippen LogP contribution < -0.4 is 5.73 Å². The number of aromatic nitrogens is 1. The molecule has 3 rings (SSSR count). The minimum absolute atomic E-state index is 0.413. The van der Waals surface area contributed by atoms with E-state index in [-0.39, 0.29) is 0 Å². The number of hydrogen-bond donors (Lipinski definition) is 1. The monoisotopic (exact) mass is 267 g/mol. The van der Waals surface area contributed by atoms with E-state index in [1.165, 1.54) is 21.8 Å². The molecule has 1 atom stereocenters. The predicted molar refractivity (Wildman–Crippen MR) is 87.1 cm³/mol. The summed E-state index contributed by atoms with van der Waals surface area (Å²) in [5.41, 5.74) is 9.32. The van der Waals surface area contributed by atoms with Crippen LogP contribution in [0.1, 0.15) is 13.0 Å². The molecular weight excluding hydrogens is 246 g/mol. The van der Waals surface area contributed by atoms with Gasteiger partial charge in [-0.15, -0.1) is 0 Å². The number of para-hydroxylation sites is 1. The van der Waals surface area contributed by atoms with Gasteiger partial charge in [-0.3, -0.25) is 0 Å². The van der Waals surface area contributed by atoms with Gasteiger partial charge in [-0.25, -0.2) is 0 Å². The van der Waals surface area contributed by atoms with Crippen LogP contribution in [0.25, 0.3) is 21.8 Å². The van der Waals surface area contributed by atoms with Gasteiger partial charge in [0.05, 0.1) is 0 Å². The summed E-state index contributed by atoms with van der Waals surface area (Å²) in [7, 11) is 4.23. The number of anilines is 1. The first-order valence-electron chi connectivity index (χ1n) is 7.01. The first-order chi connectivity index (χ1) is 9.58. The minimum Gasteiger partial charge on any atom is -0.399 e. The Labute approximate surface area is 119 Å². The van der Waals surface area contributed by atoms with Crippen LogP contribution in [0.2, 0.25) is 0 Å². The number of hydrogen-bond acceptors (Lipinski definition) is 2. The lowest BCUT2D eigenvalue weighted by molar-refractivity contribution is 0.345. The fourth-order valence-electron chi connectivity index (χ4n) is 3.11. The second-order valence-corrected chi connectivity index (χ2v) is 5.78. The van der Waals surface area contributed by atoms with Crippen molar-refractivity contribution in [2.24, 2.45) is 0 Å². The van der Waals surface area contributed by atoms with Crippen molar-refractivity contribution in [2.75, 3.05) is 26.4 Å². The van der Waals surface area contributed by atoms with E-state index < -0.39 is 0 Å². The van der Waals surface area contributed by atoms with Gasteiger partial charge in [0.1, 0.15) is 0 Å². The number of fused-ring (bicyclic) bond motifs is 3. The molecule has 20 heavy (non-hydrogen) atoms. The number of nitrogens with two attached hydrogens (primary N) is 1. The molecule has 0 saturated carbocycles. The Bertz CT molecular complexity index is 755. The summed E-state index contributed by atoms with van der Waals surface area (Å²) in [6, 6.07) is 15.2. The molecule has 3 heteroatoms. The second kappa shape index (κ2) is 4.84. The van der Waals surface area contributed by atoms with E-state index in [2.05, 4.69) is 66.9 Å². The molecule has 104 valence electrons. The number of nitrogens with zero attached hydrogens (tertiary/aromatic N) is 2. The maximum atomic E-state index is 5.96. The molecule has 2 N–H and O–H groups in total. The molecule has 0 radical (unpaired) electrons. The number of benzene rings is 2. The standard InChI is InChI=1S/C17H21N3/c1-12(11-19(2)3)20-16-7-5-4-6-14(16)15-10-13(18)8-9-17(15)20/h4-10,12H,11,18H2,1-3H3. The fraction of sp³-hybridized carbons (Fsp3) is 0.294. The predicted octanol–water partition coefficient (Wildman–Crippen LogP) is 3.50. The highest BCUT2D eigenvalue weighted by Crippen LogP contribution is 2.32. The third-order valence-corrected chi connectivity index (χ3v) is 3.80. The van der Waals surface area contributed by atoms with Gasteiger partial charge in [0.15, 0.2) is 0 Å². The van der Waals surface area contributed by atoms with Crippen molar-refractivity contribution < 1.29 is 0 Å². The molecule has 3 nitrogen and oxygen atoms in total. The molecule has 1 heterocycles. The minimum atomic E-state index is 0.413. The molecule has 0 fully saturated rings. The van der Waals surface area contributed by atoms with Gasteiger partial charge in [-0.05, 0) is 45.3 Å².